The smallest absolute Gasteiger partial charge is 0.123 e. The summed E-state index contributed by atoms with van der Waals surface area (Å²) in [7, 11) is 0. The number of benzene rings is 3. The van der Waals surface area contributed by atoms with E-state index in [0.717, 1.165) is 35.2 Å². The number of hydrogen-bond donors (Lipinski definition) is 0. The van der Waals surface area contributed by atoms with Crippen LogP contribution in [-0.4, -0.2) is 6.21 Å². The van der Waals surface area contributed by atoms with Gasteiger partial charge in [0.1, 0.15) is 5.82 Å². The van der Waals surface area contributed by atoms with E-state index in [-0.39, 0.29) is 5.82 Å². The molecule has 0 aliphatic carbocycles. The maximum Gasteiger partial charge on any atom is 0.123 e. The zero-order chi connectivity index (χ0) is 18.2. The van der Waals surface area contributed by atoms with E-state index < -0.39 is 0 Å². The van der Waals surface area contributed by atoms with Gasteiger partial charge in [-0.1, -0.05) is 60.7 Å². The van der Waals surface area contributed by atoms with Crippen molar-refractivity contribution in [1.29, 1.82) is 0 Å². The predicted molar refractivity (Wildman–Crippen MR) is 109 cm³/mol. The van der Waals surface area contributed by atoms with Gasteiger partial charge in [-0.25, -0.2) is 4.39 Å². The number of aryl methyl sites for hydroxylation is 1. The first-order chi connectivity index (χ1) is 12.7. The maximum atomic E-state index is 13.0. The predicted octanol–water partition coefficient (Wildman–Crippen LogP) is 6.75. The minimum absolute atomic E-state index is 0.220. The van der Waals surface area contributed by atoms with E-state index in [9.17, 15) is 4.39 Å². The Morgan fingerprint density at radius 3 is 2.04 bits per heavy atom. The summed E-state index contributed by atoms with van der Waals surface area (Å²) in [6.07, 6.45) is 8.28. The summed E-state index contributed by atoms with van der Waals surface area (Å²) in [5.74, 6) is -0.220. The summed E-state index contributed by atoms with van der Waals surface area (Å²) < 4.78 is 13.0. The number of nitrogens with zero attached hydrogens (tertiary/aromatic N) is 1. The molecule has 0 radical (unpaired) electrons. The lowest BCUT2D eigenvalue weighted by Crippen LogP contribution is -1.86. The van der Waals surface area contributed by atoms with E-state index >= 15 is 0 Å². The zero-order valence-corrected chi connectivity index (χ0v) is 14.9. The van der Waals surface area contributed by atoms with Crippen molar-refractivity contribution < 1.29 is 4.39 Å². The molecule has 3 rings (SSSR count). The van der Waals surface area contributed by atoms with Gasteiger partial charge >= 0.3 is 0 Å². The first-order valence-corrected chi connectivity index (χ1v) is 8.85. The Labute approximate surface area is 154 Å². The van der Waals surface area contributed by atoms with Crippen LogP contribution in [0.2, 0.25) is 0 Å². The van der Waals surface area contributed by atoms with E-state index in [1.807, 2.05) is 37.4 Å². The fourth-order valence-electron chi connectivity index (χ4n) is 2.72. The third kappa shape index (κ3) is 5.00. The lowest BCUT2D eigenvalue weighted by atomic mass is 10.1. The van der Waals surface area contributed by atoms with E-state index in [0.29, 0.717) is 0 Å². The van der Waals surface area contributed by atoms with Gasteiger partial charge in [-0.15, -0.1) is 0 Å². The fraction of sp³-hybridized carbons (Fsp3) is 0.125. The normalized spacial score (nSPS) is 11.5. The molecule has 0 aliphatic rings. The Morgan fingerprint density at radius 2 is 1.42 bits per heavy atom. The van der Waals surface area contributed by atoms with Crippen LogP contribution in [-0.2, 0) is 6.42 Å². The molecule has 2 heteroatoms. The zero-order valence-electron chi connectivity index (χ0n) is 14.9. The Kier molecular flexibility index (Phi) is 6.10. The summed E-state index contributed by atoms with van der Waals surface area (Å²) >= 11 is 0. The van der Waals surface area contributed by atoms with Crippen LogP contribution in [0.25, 0.3) is 11.1 Å². The maximum absolute atomic E-state index is 13.0. The molecule has 0 heterocycles. The summed E-state index contributed by atoms with van der Waals surface area (Å²) in [4.78, 5) is 4.53. The van der Waals surface area contributed by atoms with Crippen molar-refractivity contribution in [3.63, 3.8) is 0 Å². The highest BCUT2D eigenvalue weighted by atomic mass is 19.1. The van der Waals surface area contributed by atoms with Gasteiger partial charge in [0.2, 0.25) is 0 Å². The highest BCUT2D eigenvalue weighted by molar-refractivity contribution is 5.82. The Balaban J connectivity index is 1.64. The molecule has 0 spiro atoms. The molecule has 0 unspecified atom stereocenters. The molecule has 0 atom stereocenters. The largest absolute Gasteiger partial charge is 0.256 e. The second-order valence-electron chi connectivity index (χ2n) is 6.16. The molecule has 0 aromatic heterocycles. The minimum Gasteiger partial charge on any atom is -0.256 e. The molecular formula is C24H22FN. The summed E-state index contributed by atoms with van der Waals surface area (Å²) in [6, 6.07) is 23.0. The van der Waals surface area contributed by atoms with Crippen LogP contribution < -0.4 is 0 Å². The molecule has 0 amide bonds. The fourth-order valence-corrected chi connectivity index (χ4v) is 2.72. The van der Waals surface area contributed by atoms with Crippen LogP contribution in [0.3, 0.4) is 0 Å². The number of allylic oxidation sites excluding steroid dienone is 2. The molecule has 0 aliphatic heterocycles. The van der Waals surface area contributed by atoms with Gasteiger partial charge in [0.05, 0.1) is 5.69 Å². The van der Waals surface area contributed by atoms with E-state index in [2.05, 4.69) is 41.4 Å². The van der Waals surface area contributed by atoms with Gasteiger partial charge in [-0.3, -0.25) is 4.99 Å². The molecule has 130 valence electrons. The Hall–Kier alpha value is -3.00. The van der Waals surface area contributed by atoms with Gasteiger partial charge in [0.25, 0.3) is 0 Å². The van der Waals surface area contributed by atoms with E-state index in [4.69, 9.17) is 0 Å². The molecule has 3 aromatic rings. The van der Waals surface area contributed by atoms with Crippen molar-refractivity contribution in [1.82, 2.24) is 0 Å². The van der Waals surface area contributed by atoms with Crippen molar-refractivity contribution in [2.75, 3.05) is 0 Å². The summed E-state index contributed by atoms with van der Waals surface area (Å²) in [5.41, 5.74) is 5.36. The molecule has 1 nitrogen and oxygen atoms in total. The lowest BCUT2D eigenvalue weighted by molar-refractivity contribution is 0.628. The molecule has 0 saturated heterocycles. The van der Waals surface area contributed by atoms with Crippen molar-refractivity contribution in [3.05, 3.63) is 102 Å². The first-order valence-electron chi connectivity index (χ1n) is 8.85. The van der Waals surface area contributed by atoms with Gasteiger partial charge < -0.3 is 0 Å². The number of rotatable bonds is 6. The van der Waals surface area contributed by atoms with Crippen LogP contribution in [0, 0.1) is 5.82 Å². The van der Waals surface area contributed by atoms with Gasteiger partial charge in [0.15, 0.2) is 0 Å². The highest BCUT2D eigenvalue weighted by Gasteiger charge is 1.98. The topological polar surface area (TPSA) is 12.4 Å². The molecule has 0 bridgehead atoms. The number of hydrogen-bond acceptors (Lipinski definition) is 1. The second-order valence-corrected chi connectivity index (χ2v) is 6.16. The van der Waals surface area contributed by atoms with Gasteiger partial charge in [0, 0.05) is 6.21 Å². The lowest BCUT2D eigenvalue weighted by Gasteiger charge is -2.02. The molecule has 26 heavy (non-hydrogen) atoms. The number of aliphatic imine (C=N–C) groups is 1. The molecular weight excluding hydrogens is 321 g/mol. The third-order valence-corrected chi connectivity index (χ3v) is 4.22. The Morgan fingerprint density at radius 1 is 0.808 bits per heavy atom. The molecule has 0 N–H and O–H groups in total. The van der Waals surface area contributed by atoms with Crippen LogP contribution in [0.5, 0.6) is 0 Å². The SMILES string of the molecule is C/C=C/CCc1ccc(C=Nc2ccc(-c3ccc(F)cc3)cc2)cc1. The summed E-state index contributed by atoms with van der Waals surface area (Å²) in [5, 5.41) is 0. The van der Waals surface area contributed by atoms with Crippen LogP contribution in [0.4, 0.5) is 10.1 Å². The molecule has 0 saturated carbocycles. The van der Waals surface area contributed by atoms with E-state index in [1.165, 1.54) is 17.7 Å². The molecule has 0 fully saturated rings. The average molecular weight is 343 g/mol. The minimum atomic E-state index is -0.220. The monoisotopic (exact) mass is 343 g/mol. The van der Waals surface area contributed by atoms with Crippen molar-refractivity contribution in [3.8, 4) is 11.1 Å². The standard InChI is InChI=1S/C24H22FN/c1-2-3-4-5-19-6-8-20(9-7-19)18-26-24-16-12-22(13-17-24)21-10-14-23(25)15-11-21/h2-3,6-18H,4-5H2,1H3/b3-2+,26-18?. The van der Waals surface area contributed by atoms with Crippen LogP contribution in [0.15, 0.2) is 89.9 Å². The molecule has 3 aromatic carbocycles. The van der Waals surface area contributed by atoms with Gasteiger partial charge in [-0.05, 0) is 66.3 Å². The van der Waals surface area contributed by atoms with Crippen LogP contribution in [0.1, 0.15) is 24.5 Å². The van der Waals surface area contributed by atoms with Crippen molar-refractivity contribution in [2.45, 2.75) is 19.8 Å². The van der Waals surface area contributed by atoms with Crippen molar-refractivity contribution >= 4 is 11.9 Å². The second kappa shape index (κ2) is 8.91. The first kappa shape index (κ1) is 17.8. The Bertz CT molecular complexity index is 873. The summed E-state index contributed by atoms with van der Waals surface area (Å²) in [6.45, 7) is 2.05. The van der Waals surface area contributed by atoms with Crippen LogP contribution >= 0.6 is 0 Å². The van der Waals surface area contributed by atoms with Gasteiger partial charge in [-0.2, -0.15) is 0 Å². The number of halogens is 1. The highest BCUT2D eigenvalue weighted by Crippen LogP contribution is 2.23. The third-order valence-electron chi connectivity index (χ3n) is 4.22. The van der Waals surface area contributed by atoms with E-state index in [1.54, 1.807) is 12.1 Å². The van der Waals surface area contributed by atoms with Crippen molar-refractivity contribution in [2.24, 2.45) is 4.99 Å². The average Bonchev–Trinajstić information content (AvgIpc) is 2.69. The quantitative estimate of drug-likeness (QED) is 0.347.